The van der Waals surface area contributed by atoms with Crippen molar-refractivity contribution >= 4 is 11.6 Å². The van der Waals surface area contributed by atoms with E-state index in [0.29, 0.717) is 6.61 Å². The van der Waals surface area contributed by atoms with Crippen LogP contribution in [0.15, 0.2) is 18.2 Å². The van der Waals surface area contributed by atoms with Crippen LogP contribution in [0, 0.1) is 12.3 Å². The quantitative estimate of drug-likeness (QED) is 0.870. The molecule has 0 aliphatic carbocycles. The summed E-state index contributed by atoms with van der Waals surface area (Å²) in [5, 5.41) is 2.95. The molecule has 0 spiro atoms. The minimum atomic E-state index is -0.669. The first-order valence-electron chi connectivity index (χ1n) is 6.93. The van der Waals surface area contributed by atoms with Crippen LogP contribution in [0.4, 0.5) is 5.69 Å². The number of rotatable bonds is 5. The standard InChI is InChI=1S/C16H26N2O2/c1-7-20-12-8-9-13(11(2)10-12)18-14(19)15(3,4)16(5,6)17/h8-10H,7,17H2,1-6H3,(H,18,19). The van der Waals surface area contributed by atoms with E-state index >= 15 is 0 Å². The Hall–Kier alpha value is -1.55. The lowest BCUT2D eigenvalue weighted by Crippen LogP contribution is -2.53. The summed E-state index contributed by atoms with van der Waals surface area (Å²) in [6.45, 7) is 11.9. The monoisotopic (exact) mass is 278 g/mol. The van der Waals surface area contributed by atoms with Gasteiger partial charge >= 0.3 is 0 Å². The average Bonchev–Trinajstić information content (AvgIpc) is 2.31. The van der Waals surface area contributed by atoms with Crippen LogP contribution in [0.25, 0.3) is 0 Å². The number of nitrogens with two attached hydrogens (primary N) is 1. The molecule has 0 atom stereocenters. The summed E-state index contributed by atoms with van der Waals surface area (Å²) in [4.78, 5) is 12.4. The van der Waals surface area contributed by atoms with Crippen LogP contribution >= 0.6 is 0 Å². The largest absolute Gasteiger partial charge is 0.494 e. The van der Waals surface area contributed by atoms with Crippen molar-refractivity contribution < 1.29 is 9.53 Å². The Balaban J connectivity index is 2.92. The van der Waals surface area contributed by atoms with Crippen molar-refractivity contribution in [3.8, 4) is 5.75 Å². The summed E-state index contributed by atoms with van der Waals surface area (Å²) < 4.78 is 5.44. The van der Waals surface area contributed by atoms with Gasteiger partial charge in [0, 0.05) is 11.2 Å². The van der Waals surface area contributed by atoms with E-state index in [1.54, 1.807) is 0 Å². The zero-order chi connectivity index (χ0) is 15.6. The number of nitrogens with one attached hydrogen (secondary N) is 1. The van der Waals surface area contributed by atoms with Gasteiger partial charge in [-0.1, -0.05) is 0 Å². The third-order valence-corrected chi connectivity index (χ3v) is 3.94. The van der Waals surface area contributed by atoms with Gasteiger partial charge in [0.25, 0.3) is 0 Å². The third kappa shape index (κ3) is 3.51. The van der Waals surface area contributed by atoms with Crippen molar-refractivity contribution in [2.45, 2.75) is 47.1 Å². The van der Waals surface area contributed by atoms with Gasteiger partial charge < -0.3 is 15.8 Å². The number of anilines is 1. The molecule has 0 aliphatic heterocycles. The van der Waals surface area contributed by atoms with Crippen LogP contribution in [0.2, 0.25) is 0 Å². The fourth-order valence-corrected chi connectivity index (χ4v) is 1.60. The molecule has 0 heterocycles. The lowest BCUT2D eigenvalue weighted by Gasteiger charge is -2.37. The second-order valence-corrected chi connectivity index (χ2v) is 6.21. The van der Waals surface area contributed by atoms with Gasteiger partial charge in [-0.05, 0) is 65.3 Å². The van der Waals surface area contributed by atoms with E-state index in [4.69, 9.17) is 10.5 Å². The second-order valence-electron chi connectivity index (χ2n) is 6.21. The number of aryl methyl sites for hydroxylation is 1. The van der Waals surface area contributed by atoms with E-state index in [-0.39, 0.29) is 5.91 Å². The highest BCUT2D eigenvalue weighted by molar-refractivity contribution is 5.96. The lowest BCUT2D eigenvalue weighted by molar-refractivity contribution is -0.126. The van der Waals surface area contributed by atoms with Crippen molar-refractivity contribution in [3.63, 3.8) is 0 Å². The molecular formula is C16H26N2O2. The molecule has 112 valence electrons. The number of benzene rings is 1. The number of ether oxygens (including phenoxy) is 1. The molecule has 1 rings (SSSR count). The maximum atomic E-state index is 12.4. The summed E-state index contributed by atoms with van der Waals surface area (Å²) in [5.41, 5.74) is 6.57. The number of hydrogen-bond donors (Lipinski definition) is 2. The number of carbonyl (C=O) groups excluding carboxylic acids is 1. The van der Waals surface area contributed by atoms with Crippen molar-refractivity contribution in [1.29, 1.82) is 0 Å². The number of amides is 1. The summed E-state index contributed by atoms with van der Waals surface area (Å²) in [6.07, 6.45) is 0. The van der Waals surface area contributed by atoms with Crippen LogP contribution in [0.1, 0.15) is 40.2 Å². The van der Waals surface area contributed by atoms with Gasteiger partial charge in [-0.15, -0.1) is 0 Å². The molecule has 0 aromatic heterocycles. The lowest BCUT2D eigenvalue weighted by atomic mass is 9.74. The van der Waals surface area contributed by atoms with Crippen LogP contribution in [0.3, 0.4) is 0 Å². The van der Waals surface area contributed by atoms with Gasteiger partial charge in [-0.2, -0.15) is 0 Å². The smallest absolute Gasteiger partial charge is 0.231 e. The Morgan fingerprint density at radius 1 is 1.30 bits per heavy atom. The van der Waals surface area contributed by atoms with Crippen LogP contribution in [0.5, 0.6) is 5.75 Å². The Labute approximate surface area is 121 Å². The first kappa shape index (κ1) is 16.5. The Kier molecular flexibility index (Phi) is 4.81. The minimum Gasteiger partial charge on any atom is -0.494 e. The summed E-state index contributed by atoms with van der Waals surface area (Å²) in [6, 6.07) is 5.63. The van der Waals surface area contributed by atoms with E-state index in [1.165, 1.54) is 0 Å². The SMILES string of the molecule is CCOc1ccc(NC(=O)C(C)(C)C(C)(C)N)c(C)c1. The predicted molar refractivity (Wildman–Crippen MR) is 83.0 cm³/mol. The number of hydrogen-bond acceptors (Lipinski definition) is 3. The molecule has 0 saturated heterocycles. The van der Waals surface area contributed by atoms with Crippen molar-refractivity contribution in [3.05, 3.63) is 23.8 Å². The molecule has 0 bridgehead atoms. The zero-order valence-corrected chi connectivity index (χ0v) is 13.3. The van der Waals surface area contributed by atoms with Gasteiger partial charge in [0.1, 0.15) is 5.75 Å². The predicted octanol–water partition coefficient (Wildman–Crippen LogP) is 3.10. The summed E-state index contributed by atoms with van der Waals surface area (Å²) in [7, 11) is 0. The first-order chi connectivity index (χ1) is 9.09. The maximum Gasteiger partial charge on any atom is 0.231 e. The van der Waals surface area contributed by atoms with Crippen LogP contribution < -0.4 is 15.8 Å². The molecular weight excluding hydrogens is 252 g/mol. The molecule has 0 radical (unpaired) electrons. The molecule has 1 amide bonds. The summed E-state index contributed by atoms with van der Waals surface area (Å²) in [5.74, 6) is 0.721. The highest BCUT2D eigenvalue weighted by atomic mass is 16.5. The van der Waals surface area contributed by atoms with Crippen LogP contribution in [-0.2, 0) is 4.79 Å². The molecule has 0 aliphatic rings. The molecule has 0 saturated carbocycles. The molecule has 0 unspecified atom stereocenters. The Morgan fingerprint density at radius 2 is 1.90 bits per heavy atom. The fourth-order valence-electron chi connectivity index (χ4n) is 1.60. The van der Waals surface area contributed by atoms with E-state index in [0.717, 1.165) is 17.0 Å². The van der Waals surface area contributed by atoms with Gasteiger partial charge in [-0.25, -0.2) is 0 Å². The zero-order valence-electron chi connectivity index (χ0n) is 13.3. The van der Waals surface area contributed by atoms with Crippen molar-refractivity contribution in [2.24, 2.45) is 11.1 Å². The van der Waals surface area contributed by atoms with Crippen LogP contribution in [-0.4, -0.2) is 18.1 Å². The Morgan fingerprint density at radius 3 is 2.35 bits per heavy atom. The molecule has 1 aromatic carbocycles. The Bertz CT molecular complexity index is 488. The highest BCUT2D eigenvalue weighted by Crippen LogP contribution is 2.31. The van der Waals surface area contributed by atoms with Gasteiger partial charge in [0.15, 0.2) is 0 Å². The van der Waals surface area contributed by atoms with Gasteiger partial charge in [0.2, 0.25) is 5.91 Å². The third-order valence-electron chi connectivity index (χ3n) is 3.94. The van der Waals surface area contributed by atoms with E-state index < -0.39 is 11.0 Å². The highest BCUT2D eigenvalue weighted by Gasteiger charge is 2.40. The average molecular weight is 278 g/mol. The van der Waals surface area contributed by atoms with Crippen molar-refractivity contribution in [2.75, 3.05) is 11.9 Å². The van der Waals surface area contributed by atoms with E-state index in [1.807, 2.05) is 59.7 Å². The van der Waals surface area contributed by atoms with Crippen molar-refractivity contribution in [1.82, 2.24) is 0 Å². The molecule has 20 heavy (non-hydrogen) atoms. The first-order valence-corrected chi connectivity index (χ1v) is 6.93. The fraction of sp³-hybridized carbons (Fsp3) is 0.562. The maximum absolute atomic E-state index is 12.4. The molecule has 4 nitrogen and oxygen atoms in total. The topological polar surface area (TPSA) is 64.3 Å². The molecule has 1 aromatic rings. The van der Waals surface area contributed by atoms with E-state index in [2.05, 4.69) is 5.32 Å². The summed E-state index contributed by atoms with van der Waals surface area (Å²) >= 11 is 0. The second kappa shape index (κ2) is 5.83. The molecule has 0 fully saturated rings. The molecule has 3 N–H and O–H groups in total. The minimum absolute atomic E-state index is 0.0859. The normalized spacial score (nSPS) is 12.2. The molecule has 4 heteroatoms. The van der Waals surface area contributed by atoms with Gasteiger partial charge in [-0.3, -0.25) is 4.79 Å². The number of carbonyl (C=O) groups is 1. The van der Waals surface area contributed by atoms with Gasteiger partial charge in [0.05, 0.1) is 12.0 Å². The van der Waals surface area contributed by atoms with E-state index in [9.17, 15) is 4.79 Å².